The second-order valence-electron chi connectivity index (χ2n) is 4.63. The summed E-state index contributed by atoms with van der Waals surface area (Å²) in [6, 6.07) is 5.83. The second kappa shape index (κ2) is 4.34. The van der Waals surface area contributed by atoms with E-state index < -0.39 is 8.07 Å². The normalized spacial score (nSPS) is 10.1. The molecule has 0 bridgehead atoms. The summed E-state index contributed by atoms with van der Waals surface area (Å²) in [6.45, 7) is 15.7. The van der Waals surface area contributed by atoms with Gasteiger partial charge in [0.15, 0.2) is 0 Å². The maximum Gasteiger partial charge on any atom is 0.202 e. The van der Waals surface area contributed by atoms with Crippen LogP contribution in [0.1, 0.15) is 11.1 Å². The number of aryl methyl sites for hydroxylation is 1. The Balaban J connectivity index is 3.16. The van der Waals surface area contributed by atoms with Gasteiger partial charge in [-0.2, -0.15) is 0 Å². The molecule has 0 N–H and O–H groups in total. The molecule has 0 unspecified atom stereocenters. The van der Waals surface area contributed by atoms with E-state index in [-0.39, 0.29) is 0 Å². The van der Waals surface area contributed by atoms with Crippen LogP contribution < -0.4 is 0 Å². The predicted molar refractivity (Wildman–Crippen MR) is 67.7 cm³/mol. The Labute approximate surface area is 93.0 Å². The van der Waals surface area contributed by atoms with Crippen LogP contribution in [-0.2, 0) is 0 Å². The van der Waals surface area contributed by atoms with Crippen LogP contribution in [0.4, 0.5) is 5.69 Å². The summed E-state index contributed by atoms with van der Waals surface area (Å²) < 4.78 is 0. The average Bonchev–Trinajstić information content (AvgIpc) is 2.14. The fraction of sp³-hybridized carbons (Fsp3) is 0.308. The molecule has 0 saturated heterocycles. The van der Waals surface area contributed by atoms with Crippen LogP contribution in [0.2, 0.25) is 19.6 Å². The van der Waals surface area contributed by atoms with Crippen LogP contribution in [0, 0.1) is 25.0 Å². The third-order valence-corrected chi connectivity index (χ3v) is 2.72. The summed E-state index contributed by atoms with van der Waals surface area (Å²) >= 11 is 0. The molecule has 15 heavy (non-hydrogen) atoms. The monoisotopic (exact) mass is 213 g/mol. The van der Waals surface area contributed by atoms with Gasteiger partial charge >= 0.3 is 0 Å². The molecule has 0 heterocycles. The summed E-state index contributed by atoms with van der Waals surface area (Å²) in [5.41, 5.74) is 5.92. The molecule has 76 valence electrons. The van der Waals surface area contributed by atoms with Gasteiger partial charge in [-0.1, -0.05) is 49.3 Å². The molecule has 1 aromatic rings. The topological polar surface area (TPSA) is 4.36 Å². The first kappa shape index (κ1) is 11.6. The van der Waals surface area contributed by atoms with Crippen molar-refractivity contribution in [3.05, 3.63) is 40.7 Å². The van der Waals surface area contributed by atoms with Gasteiger partial charge in [-0.25, -0.2) is 4.85 Å². The minimum absolute atomic E-state index is 0.667. The molecule has 1 rings (SSSR count). The highest BCUT2D eigenvalue weighted by Crippen LogP contribution is 2.19. The highest BCUT2D eigenvalue weighted by atomic mass is 28.3. The molecule has 0 aliphatic heterocycles. The van der Waals surface area contributed by atoms with E-state index >= 15 is 0 Å². The zero-order valence-electron chi connectivity index (χ0n) is 9.68. The van der Waals surface area contributed by atoms with Gasteiger partial charge in [0.1, 0.15) is 8.07 Å². The van der Waals surface area contributed by atoms with Crippen molar-refractivity contribution in [1.82, 2.24) is 0 Å². The lowest BCUT2D eigenvalue weighted by molar-refractivity contribution is 1.47. The first-order chi connectivity index (χ1) is 6.92. The smallest absolute Gasteiger partial charge is 0.202 e. The Morgan fingerprint density at radius 1 is 1.27 bits per heavy atom. The molecule has 0 aliphatic carbocycles. The van der Waals surface area contributed by atoms with E-state index in [1.807, 2.05) is 25.1 Å². The molecule has 1 aromatic carbocycles. The van der Waals surface area contributed by atoms with Crippen molar-refractivity contribution in [2.75, 3.05) is 0 Å². The molecule has 0 aromatic heterocycles. The maximum atomic E-state index is 7.08. The zero-order valence-corrected chi connectivity index (χ0v) is 10.7. The van der Waals surface area contributed by atoms with Crippen LogP contribution in [0.15, 0.2) is 18.2 Å². The Kier molecular flexibility index (Phi) is 3.34. The quantitative estimate of drug-likeness (QED) is 0.351. The van der Waals surface area contributed by atoms with Gasteiger partial charge in [0.25, 0.3) is 0 Å². The van der Waals surface area contributed by atoms with Gasteiger partial charge in [0.2, 0.25) is 5.69 Å². The Bertz CT molecular complexity index is 464. The van der Waals surface area contributed by atoms with Crippen LogP contribution >= 0.6 is 0 Å². The molecule has 0 aliphatic rings. The number of benzene rings is 1. The molecule has 0 fully saturated rings. The van der Waals surface area contributed by atoms with Crippen molar-refractivity contribution in [3.8, 4) is 11.5 Å². The minimum Gasteiger partial charge on any atom is -0.237 e. The number of rotatable bonds is 0. The van der Waals surface area contributed by atoms with E-state index in [1.165, 1.54) is 0 Å². The Morgan fingerprint density at radius 2 is 1.93 bits per heavy atom. The highest BCUT2D eigenvalue weighted by molar-refractivity contribution is 6.83. The number of hydrogen-bond acceptors (Lipinski definition) is 0. The summed E-state index contributed by atoms with van der Waals surface area (Å²) in [4.78, 5) is 3.49. The van der Waals surface area contributed by atoms with E-state index in [9.17, 15) is 0 Å². The van der Waals surface area contributed by atoms with Crippen molar-refractivity contribution in [3.63, 3.8) is 0 Å². The van der Waals surface area contributed by atoms with Crippen LogP contribution in [0.3, 0.4) is 0 Å². The van der Waals surface area contributed by atoms with Gasteiger partial charge in [-0.15, -0.1) is 5.54 Å². The maximum absolute atomic E-state index is 7.08. The third kappa shape index (κ3) is 3.62. The Hall–Kier alpha value is -1.51. The molecule has 1 nitrogen and oxygen atoms in total. The first-order valence-corrected chi connectivity index (χ1v) is 8.44. The number of hydrogen-bond donors (Lipinski definition) is 0. The lowest BCUT2D eigenvalue weighted by Crippen LogP contribution is -2.16. The zero-order chi connectivity index (χ0) is 11.5. The van der Waals surface area contributed by atoms with Gasteiger partial charge in [-0.05, 0) is 6.92 Å². The molecule has 0 radical (unpaired) electrons. The fourth-order valence-electron chi connectivity index (χ4n) is 1.09. The predicted octanol–water partition coefficient (Wildman–Crippen LogP) is 3.77. The largest absolute Gasteiger partial charge is 0.237 e. The average molecular weight is 213 g/mol. The minimum atomic E-state index is -1.35. The number of nitrogens with zero attached hydrogens (tertiary/aromatic N) is 1. The summed E-state index contributed by atoms with van der Waals surface area (Å²) in [6.07, 6.45) is 0. The van der Waals surface area contributed by atoms with Gasteiger partial charge < -0.3 is 0 Å². The molecule has 2 heteroatoms. The molecular formula is C13H15NSi. The molecule has 0 amide bonds. The van der Waals surface area contributed by atoms with E-state index in [0.717, 1.165) is 11.1 Å². The SMILES string of the molecule is [C-]#[N+]c1cc(C)ccc1C#C[Si](C)(C)C. The van der Waals surface area contributed by atoms with E-state index in [2.05, 4.69) is 36.0 Å². The summed E-state index contributed by atoms with van der Waals surface area (Å²) in [5.74, 6) is 3.13. The van der Waals surface area contributed by atoms with Crippen molar-refractivity contribution in [1.29, 1.82) is 0 Å². The van der Waals surface area contributed by atoms with Crippen LogP contribution in [0.25, 0.3) is 4.85 Å². The van der Waals surface area contributed by atoms with E-state index in [0.29, 0.717) is 5.69 Å². The van der Waals surface area contributed by atoms with Crippen molar-refractivity contribution in [2.45, 2.75) is 26.6 Å². The first-order valence-electron chi connectivity index (χ1n) is 4.94. The lowest BCUT2D eigenvalue weighted by atomic mass is 10.1. The van der Waals surface area contributed by atoms with Gasteiger partial charge in [0.05, 0.1) is 6.57 Å². The lowest BCUT2D eigenvalue weighted by Gasteiger charge is -2.04. The van der Waals surface area contributed by atoms with Gasteiger partial charge in [0, 0.05) is 5.56 Å². The molecule has 0 spiro atoms. The van der Waals surface area contributed by atoms with Crippen LogP contribution in [0.5, 0.6) is 0 Å². The van der Waals surface area contributed by atoms with Crippen molar-refractivity contribution >= 4 is 13.8 Å². The van der Waals surface area contributed by atoms with Crippen LogP contribution in [-0.4, -0.2) is 8.07 Å². The fourth-order valence-corrected chi connectivity index (χ4v) is 1.60. The van der Waals surface area contributed by atoms with Crippen molar-refractivity contribution < 1.29 is 0 Å². The van der Waals surface area contributed by atoms with Crippen molar-refractivity contribution in [2.24, 2.45) is 0 Å². The molecule has 0 atom stereocenters. The standard InChI is InChI=1S/C13H15NSi/c1-11-6-7-12(13(10-11)14-2)8-9-15(3,4)5/h6-7,10H,1,3-5H3. The van der Waals surface area contributed by atoms with E-state index in [1.54, 1.807) is 0 Å². The highest BCUT2D eigenvalue weighted by Gasteiger charge is 2.08. The summed E-state index contributed by atoms with van der Waals surface area (Å²) in [7, 11) is -1.35. The van der Waals surface area contributed by atoms with E-state index in [4.69, 9.17) is 6.57 Å². The molecular weight excluding hydrogens is 198 g/mol. The second-order valence-corrected chi connectivity index (χ2v) is 9.38. The summed E-state index contributed by atoms with van der Waals surface area (Å²) in [5, 5.41) is 0. The third-order valence-electron chi connectivity index (χ3n) is 1.85. The Morgan fingerprint density at radius 3 is 2.47 bits per heavy atom. The van der Waals surface area contributed by atoms with Gasteiger partial charge in [-0.3, -0.25) is 0 Å². The molecule has 0 saturated carbocycles.